The van der Waals surface area contributed by atoms with Gasteiger partial charge in [-0.1, -0.05) is 12.8 Å². The second-order valence-electron chi connectivity index (χ2n) is 4.15. The fraction of sp³-hybridized carbons (Fsp3) is 0.900. The molecule has 1 aliphatic rings. The maximum Gasteiger partial charge on any atom is 0.316 e. The Morgan fingerprint density at radius 1 is 1.43 bits per heavy atom. The average molecular weight is 216 g/mol. The lowest BCUT2D eigenvalue weighted by Gasteiger charge is -2.27. The first kappa shape index (κ1) is 11.7. The van der Waals surface area contributed by atoms with Crippen LogP contribution in [0, 0.1) is 0 Å². The normalized spacial score (nSPS) is 19.4. The molecule has 4 heteroatoms. The van der Waals surface area contributed by atoms with Gasteiger partial charge in [-0.25, -0.2) is 4.79 Å². The number of rotatable bonds is 3. The Labute approximate surface area is 90.6 Å². The van der Waals surface area contributed by atoms with Crippen molar-refractivity contribution in [3.8, 4) is 0 Å². The van der Waals surface area contributed by atoms with Crippen LogP contribution in [0.15, 0.2) is 0 Å². The van der Waals surface area contributed by atoms with Crippen LogP contribution in [0.1, 0.15) is 25.7 Å². The summed E-state index contributed by atoms with van der Waals surface area (Å²) in [5.74, 6) is 0. The molecule has 0 aromatic rings. The van der Waals surface area contributed by atoms with Crippen molar-refractivity contribution in [3.63, 3.8) is 0 Å². The summed E-state index contributed by atoms with van der Waals surface area (Å²) in [5.41, 5.74) is 0. The molecule has 82 valence electrons. The van der Waals surface area contributed by atoms with Crippen LogP contribution >= 0.6 is 11.8 Å². The van der Waals surface area contributed by atoms with E-state index in [2.05, 4.69) is 11.6 Å². The molecule has 1 fully saturated rings. The van der Waals surface area contributed by atoms with E-state index < -0.39 is 0 Å². The summed E-state index contributed by atoms with van der Waals surface area (Å²) >= 11 is 1.90. The lowest BCUT2D eigenvalue weighted by Crippen LogP contribution is -2.42. The highest BCUT2D eigenvalue weighted by atomic mass is 32.2. The van der Waals surface area contributed by atoms with Crippen LogP contribution in [0.4, 0.5) is 4.79 Å². The summed E-state index contributed by atoms with van der Waals surface area (Å²) in [6.45, 7) is 0.811. The van der Waals surface area contributed by atoms with Gasteiger partial charge in [0.25, 0.3) is 0 Å². The molecule has 2 amide bonds. The Hall–Kier alpha value is -0.380. The zero-order valence-corrected chi connectivity index (χ0v) is 10.1. The Balaban J connectivity index is 2.38. The molecule has 1 saturated carbocycles. The molecule has 0 aromatic heterocycles. The number of hydrogen-bond acceptors (Lipinski definition) is 2. The highest BCUT2D eigenvalue weighted by Crippen LogP contribution is 2.39. The first-order chi connectivity index (χ1) is 6.59. The molecule has 0 unspecified atom stereocenters. The van der Waals surface area contributed by atoms with Crippen LogP contribution in [-0.4, -0.2) is 42.6 Å². The molecule has 3 nitrogen and oxygen atoms in total. The summed E-state index contributed by atoms with van der Waals surface area (Å²) < 4.78 is 0.311. The minimum Gasteiger partial charge on any atom is -0.337 e. The molecule has 14 heavy (non-hydrogen) atoms. The van der Waals surface area contributed by atoms with Crippen molar-refractivity contribution in [1.82, 2.24) is 10.2 Å². The third-order valence-electron chi connectivity index (χ3n) is 2.92. The molecule has 1 rings (SSSR count). The maximum atomic E-state index is 11.4. The highest BCUT2D eigenvalue weighted by Gasteiger charge is 2.33. The molecule has 0 bridgehead atoms. The van der Waals surface area contributed by atoms with E-state index in [0.29, 0.717) is 4.75 Å². The molecule has 1 N–H and O–H groups in total. The van der Waals surface area contributed by atoms with Crippen LogP contribution < -0.4 is 5.32 Å². The second kappa shape index (κ2) is 4.91. The molecule has 0 spiro atoms. The van der Waals surface area contributed by atoms with Crippen LogP contribution in [-0.2, 0) is 0 Å². The van der Waals surface area contributed by atoms with Crippen molar-refractivity contribution < 1.29 is 4.79 Å². The minimum atomic E-state index is 0.0188. The van der Waals surface area contributed by atoms with Gasteiger partial charge >= 0.3 is 6.03 Å². The Bertz CT molecular complexity index is 200. The van der Waals surface area contributed by atoms with E-state index in [0.717, 1.165) is 6.54 Å². The van der Waals surface area contributed by atoms with Gasteiger partial charge in [0.2, 0.25) is 0 Å². The zero-order valence-electron chi connectivity index (χ0n) is 9.30. The average Bonchev–Trinajstić information content (AvgIpc) is 2.63. The van der Waals surface area contributed by atoms with Crippen molar-refractivity contribution in [3.05, 3.63) is 0 Å². The first-order valence-electron chi connectivity index (χ1n) is 5.10. The van der Waals surface area contributed by atoms with Crippen LogP contribution in [0.25, 0.3) is 0 Å². The Morgan fingerprint density at radius 3 is 2.43 bits per heavy atom. The number of urea groups is 1. The van der Waals surface area contributed by atoms with Gasteiger partial charge in [-0.05, 0) is 19.1 Å². The topological polar surface area (TPSA) is 32.3 Å². The smallest absolute Gasteiger partial charge is 0.316 e. The van der Waals surface area contributed by atoms with Gasteiger partial charge in [0.05, 0.1) is 0 Å². The van der Waals surface area contributed by atoms with Crippen molar-refractivity contribution in [2.24, 2.45) is 0 Å². The van der Waals surface area contributed by atoms with Gasteiger partial charge < -0.3 is 10.2 Å². The zero-order chi connectivity index (χ0) is 10.6. The van der Waals surface area contributed by atoms with Crippen LogP contribution in [0.2, 0.25) is 0 Å². The third kappa shape index (κ3) is 2.80. The van der Waals surface area contributed by atoms with Gasteiger partial charge in [-0.3, -0.25) is 0 Å². The fourth-order valence-corrected chi connectivity index (χ4v) is 2.78. The van der Waals surface area contributed by atoms with Crippen molar-refractivity contribution >= 4 is 17.8 Å². The van der Waals surface area contributed by atoms with Gasteiger partial charge in [0.15, 0.2) is 0 Å². The molecular weight excluding hydrogens is 196 g/mol. The number of thioether (sulfide) groups is 1. The Kier molecular flexibility index (Phi) is 4.11. The predicted molar refractivity (Wildman–Crippen MR) is 61.8 cm³/mol. The van der Waals surface area contributed by atoms with Gasteiger partial charge in [-0.15, -0.1) is 0 Å². The maximum absolute atomic E-state index is 11.4. The number of carbonyl (C=O) groups is 1. The fourth-order valence-electron chi connectivity index (χ4n) is 1.87. The Morgan fingerprint density at radius 2 is 2.00 bits per heavy atom. The van der Waals surface area contributed by atoms with Crippen molar-refractivity contribution in [2.45, 2.75) is 30.4 Å². The van der Waals surface area contributed by atoms with E-state index in [9.17, 15) is 4.79 Å². The van der Waals surface area contributed by atoms with Crippen LogP contribution in [0.3, 0.4) is 0 Å². The largest absolute Gasteiger partial charge is 0.337 e. The summed E-state index contributed by atoms with van der Waals surface area (Å²) in [6.07, 6.45) is 7.23. The lowest BCUT2D eigenvalue weighted by atomic mass is 10.1. The van der Waals surface area contributed by atoms with E-state index in [1.165, 1.54) is 25.7 Å². The summed E-state index contributed by atoms with van der Waals surface area (Å²) in [4.78, 5) is 12.9. The van der Waals surface area contributed by atoms with Gasteiger partial charge in [-0.2, -0.15) is 11.8 Å². The molecule has 0 saturated heterocycles. The molecule has 0 radical (unpaired) electrons. The monoisotopic (exact) mass is 216 g/mol. The van der Waals surface area contributed by atoms with Crippen molar-refractivity contribution in [1.29, 1.82) is 0 Å². The SMILES string of the molecule is CSC1(CNC(=O)N(C)C)CCCC1. The quantitative estimate of drug-likeness (QED) is 0.782. The molecule has 0 aliphatic heterocycles. The predicted octanol–water partition coefficient (Wildman–Crippen LogP) is 1.93. The number of nitrogens with one attached hydrogen (secondary N) is 1. The van der Waals surface area contributed by atoms with Gasteiger partial charge in [0, 0.05) is 25.4 Å². The third-order valence-corrected chi connectivity index (χ3v) is 4.33. The second-order valence-corrected chi connectivity index (χ2v) is 5.42. The number of amides is 2. The van der Waals surface area contributed by atoms with E-state index in [-0.39, 0.29) is 6.03 Å². The summed E-state index contributed by atoms with van der Waals surface area (Å²) in [5, 5.41) is 2.98. The molecule has 0 atom stereocenters. The first-order valence-corrected chi connectivity index (χ1v) is 6.32. The van der Waals surface area contributed by atoms with E-state index in [1.54, 1.807) is 19.0 Å². The standard InChI is InChI=1S/C10H20N2OS/c1-12(2)9(13)11-8-10(14-3)6-4-5-7-10/h4-8H2,1-3H3,(H,11,13). The molecular formula is C10H20N2OS. The number of hydrogen-bond donors (Lipinski definition) is 1. The van der Waals surface area contributed by atoms with E-state index in [4.69, 9.17) is 0 Å². The van der Waals surface area contributed by atoms with Crippen LogP contribution in [0.5, 0.6) is 0 Å². The number of nitrogens with zero attached hydrogens (tertiary/aromatic N) is 1. The molecule has 0 aromatic carbocycles. The van der Waals surface area contributed by atoms with Crippen molar-refractivity contribution in [2.75, 3.05) is 26.9 Å². The summed E-state index contributed by atoms with van der Waals surface area (Å²) in [7, 11) is 3.55. The van der Waals surface area contributed by atoms with E-state index >= 15 is 0 Å². The molecule has 1 aliphatic carbocycles. The molecule has 0 heterocycles. The lowest BCUT2D eigenvalue weighted by molar-refractivity contribution is 0.216. The minimum absolute atomic E-state index is 0.0188. The summed E-state index contributed by atoms with van der Waals surface area (Å²) in [6, 6.07) is 0.0188. The number of carbonyl (C=O) groups excluding carboxylic acids is 1. The van der Waals surface area contributed by atoms with E-state index in [1.807, 2.05) is 11.8 Å². The van der Waals surface area contributed by atoms with Gasteiger partial charge in [0.1, 0.15) is 0 Å². The highest BCUT2D eigenvalue weighted by molar-refractivity contribution is 8.00.